The van der Waals surface area contributed by atoms with Crippen LogP contribution in [0.15, 0.2) is 18.2 Å². The van der Waals surface area contributed by atoms with Crippen LogP contribution >= 0.6 is 0 Å². The van der Waals surface area contributed by atoms with E-state index in [0.29, 0.717) is 24.9 Å². The van der Waals surface area contributed by atoms with Gasteiger partial charge in [-0.25, -0.2) is 8.78 Å². The van der Waals surface area contributed by atoms with Gasteiger partial charge in [0, 0.05) is 18.9 Å². The fraction of sp³-hybridized carbons (Fsp3) is 0.364. The van der Waals surface area contributed by atoms with Crippen molar-refractivity contribution in [3.8, 4) is 0 Å². The molecule has 1 saturated heterocycles. The summed E-state index contributed by atoms with van der Waals surface area (Å²) in [6.07, 6.45) is 0.951. The number of rotatable bonds is 1. The summed E-state index contributed by atoms with van der Waals surface area (Å²) in [5, 5.41) is 2.65. The molecule has 0 radical (unpaired) electrons. The van der Waals surface area contributed by atoms with Crippen LogP contribution in [0.1, 0.15) is 24.3 Å². The van der Waals surface area contributed by atoms with Crippen LogP contribution < -0.4 is 5.32 Å². The minimum atomic E-state index is -0.829. The molecule has 1 aromatic rings. The number of amides is 1. The van der Waals surface area contributed by atoms with Crippen LogP contribution in [-0.2, 0) is 4.79 Å². The molecular weight excluding hydrogens is 200 g/mol. The number of hydrogen-bond donors (Lipinski definition) is 1. The van der Waals surface area contributed by atoms with Gasteiger partial charge >= 0.3 is 0 Å². The lowest BCUT2D eigenvalue weighted by molar-refractivity contribution is -0.122. The monoisotopic (exact) mass is 211 g/mol. The van der Waals surface area contributed by atoms with Crippen molar-refractivity contribution in [2.45, 2.75) is 18.8 Å². The predicted molar refractivity (Wildman–Crippen MR) is 51.3 cm³/mol. The smallest absolute Gasteiger partial charge is 0.220 e. The van der Waals surface area contributed by atoms with E-state index in [4.69, 9.17) is 0 Å². The Morgan fingerprint density at radius 2 is 2.13 bits per heavy atom. The van der Waals surface area contributed by atoms with Crippen molar-refractivity contribution in [2.75, 3.05) is 6.54 Å². The standard InChI is InChI=1S/C11H11F2NO/c12-9-3-1-2-8(11(9)13)7-4-5-10(15)14-6-7/h1-3,7H,4-6H2,(H,14,15). The molecule has 4 heteroatoms. The van der Waals surface area contributed by atoms with Gasteiger partial charge in [-0.2, -0.15) is 0 Å². The molecule has 1 aromatic carbocycles. The first kappa shape index (κ1) is 10.1. The number of nitrogens with one attached hydrogen (secondary N) is 1. The van der Waals surface area contributed by atoms with Gasteiger partial charge in [0.25, 0.3) is 0 Å². The first-order valence-corrected chi connectivity index (χ1v) is 4.89. The summed E-state index contributed by atoms with van der Waals surface area (Å²) in [5.74, 6) is -1.76. The summed E-state index contributed by atoms with van der Waals surface area (Å²) in [7, 11) is 0. The summed E-state index contributed by atoms with van der Waals surface area (Å²) in [5.41, 5.74) is 0.356. The Bertz CT molecular complexity index is 382. The molecule has 1 N–H and O–H groups in total. The molecule has 80 valence electrons. The van der Waals surface area contributed by atoms with Crippen LogP contribution in [0.4, 0.5) is 8.78 Å². The second-order valence-corrected chi connectivity index (χ2v) is 3.68. The van der Waals surface area contributed by atoms with E-state index < -0.39 is 11.6 Å². The molecule has 15 heavy (non-hydrogen) atoms. The number of piperidine rings is 1. The third-order valence-electron chi connectivity index (χ3n) is 2.69. The van der Waals surface area contributed by atoms with Crippen LogP contribution in [0.25, 0.3) is 0 Å². The van der Waals surface area contributed by atoms with Crippen LogP contribution in [0, 0.1) is 11.6 Å². The molecule has 1 aliphatic heterocycles. The van der Waals surface area contributed by atoms with Crippen molar-refractivity contribution >= 4 is 5.91 Å². The van der Waals surface area contributed by atoms with Gasteiger partial charge in [-0.3, -0.25) is 4.79 Å². The van der Waals surface area contributed by atoms with Crippen LogP contribution in [0.3, 0.4) is 0 Å². The van der Waals surface area contributed by atoms with Crippen molar-refractivity contribution < 1.29 is 13.6 Å². The highest BCUT2D eigenvalue weighted by Crippen LogP contribution is 2.26. The SMILES string of the molecule is O=C1CCC(c2cccc(F)c2F)CN1. The highest BCUT2D eigenvalue weighted by atomic mass is 19.2. The van der Waals surface area contributed by atoms with Crippen LogP contribution in [0.2, 0.25) is 0 Å². The number of halogens is 2. The van der Waals surface area contributed by atoms with Crippen molar-refractivity contribution in [1.82, 2.24) is 5.32 Å². The lowest BCUT2D eigenvalue weighted by Crippen LogP contribution is -2.34. The van der Waals surface area contributed by atoms with Gasteiger partial charge in [0.1, 0.15) is 0 Å². The fourth-order valence-corrected chi connectivity index (χ4v) is 1.83. The van der Waals surface area contributed by atoms with E-state index in [1.807, 2.05) is 0 Å². The lowest BCUT2D eigenvalue weighted by atomic mass is 9.91. The maximum Gasteiger partial charge on any atom is 0.220 e. The lowest BCUT2D eigenvalue weighted by Gasteiger charge is -2.23. The topological polar surface area (TPSA) is 29.1 Å². The molecular formula is C11H11F2NO. The van der Waals surface area contributed by atoms with Gasteiger partial charge in [0.2, 0.25) is 5.91 Å². The third kappa shape index (κ3) is 1.98. The van der Waals surface area contributed by atoms with E-state index in [9.17, 15) is 13.6 Å². The van der Waals surface area contributed by atoms with E-state index in [0.717, 1.165) is 6.07 Å². The first-order valence-electron chi connectivity index (χ1n) is 4.89. The molecule has 1 heterocycles. The van der Waals surface area contributed by atoms with Gasteiger partial charge in [-0.1, -0.05) is 12.1 Å². The summed E-state index contributed by atoms with van der Waals surface area (Å²) in [6, 6.07) is 4.16. The zero-order valence-corrected chi connectivity index (χ0v) is 8.09. The molecule has 1 aliphatic rings. The van der Waals surface area contributed by atoms with Gasteiger partial charge in [-0.15, -0.1) is 0 Å². The van der Waals surface area contributed by atoms with Gasteiger partial charge in [0.05, 0.1) is 0 Å². The fourth-order valence-electron chi connectivity index (χ4n) is 1.83. The zero-order valence-electron chi connectivity index (χ0n) is 8.09. The van der Waals surface area contributed by atoms with E-state index in [1.165, 1.54) is 6.07 Å². The zero-order chi connectivity index (χ0) is 10.8. The Morgan fingerprint density at radius 1 is 1.33 bits per heavy atom. The average Bonchev–Trinajstić information content (AvgIpc) is 2.24. The molecule has 2 rings (SSSR count). The molecule has 2 nitrogen and oxygen atoms in total. The van der Waals surface area contributed by atoms with Crippen LogP contribution in [-0.4, -0.2) is 12.5 Å². The highest BCUT2D eigenvalue weighted by Gasteiger charge is 2.23. The summed E-state index contributed by atoms with van der Waals surface area (Å²) >= 11 is 0. The first-order chi connectivity index (χ1) is 7.18. The molecule has 0 bridgehead atoms. The maximum absolute atomic E-state index is 13.4. The Hall–Kier alpha value is -1.45. The predicted octanol–water partition coefficient (Wildman–Crippen LogP) is 1.96. The van der Waals surface area contributed by atoms with Crippen molar-refractivity contribution in [2.24, 2.45) is 0 Å². The minimum absolute atomic E-state index is 0.0249. The van der Waals surface area contributed by atoms with Crippen molar-refractivity contribution in [3.05, 3.63) is 35.4 Å². The van der Waals surface area contributed by atoms with Crippen molar-refractivity contribution in [1.29, 1.82) is 0 Å². The normalized spacial score (nSPS) is 21.2. The van der Waals surface area contributed by atoms with Crippen LogP contribution in [0.5, 0.6) is 0 Å². The summed E-state index contributed by atoms with van der Waals surface area (Å²) < 4.78 is 26.3. The Kier molecular flexibility index (Phi) is 2.66. The second kappa shape index (κ2) is 3.96. The third-order valence-corrected chi connectivity index (χ3v) is 2.69. The van der Waals surface area contributed by atoms with E-state index in [1.54, 1.807) is 6.07 Å². The summed E-state index contributed by atoms with van der Waals surface area (Å²) in [4.78, 5) is 10.9. The largest absolute Gasteiger partial charge is 0.355 e. The molecule has 1 unspecified atom stereocenters. The molecule has 0 aliphatic carbocycles. The maximum atomic E-state index is 13.4. The van der Waals surface area contributed by atoms with Gasteiger partial charge in [-0.05, 0) is 18.1 Å². The molecule has 0 spiro atoms. The molecule has 1 amide bonds. The quantitative estimate of drug-likeness (QED) is 0.755. The van der Waals surface area contributed by atoms with Crippen molar-refractivity contribution in [3.63, 3.8) is 0 Å². The van der Waals surface area contributed by atoms with Gasteiger partial charge < -0.3 is 5.32 Å². The average molecular weight is 211 g/mol. The number of carbonyl (C=O) groups is 1. The number of benzene rings is 1. The molecule has 0 saturated carbocycles. The van der Waals surface area contributed by atoms with Gasteiger partial charge in [0.15, 0.2) is 11.6 Å². The van der Waals surface area contributed by atoms with E-state index >= 15 is 0 Å². The Morgan fingerprint density at radius 3 is 2.80 bits per heavy atom. The second-order valence-electron chi connectivity index (χ2n) is 3.68. The number of hydrogen-bond acceptors (Lipinski definition) is 1. The molecule has 1 fully saturated rings. The number of carbonyl (C=O) groups excluding carboxylic acids is 1. The van der Waals surface area contributed by atoms with E-state index in [2.05, 4.69) is 5.32 Å². The summed E-state index contributed by atoms with van der Waals surface area (Å²) in [6.45, 7) is 0.388. The Balaban J connectivity index is 2.22. The highest BCUT2D eigenvalue weighted by molar-refractivity contribution is 5.76. The molecule has 1 atom stereocenters. The van der Waals surface area contributed by atoms with E-state index in [-0.39, 0.29) is 11.8 Å². The molecule has 0 aromatic heterocycles. The minimum Gasteiger partial charge on any atom is -0.355 e. The Labute approximate surface area is 86.3 Å².